The molecule has 0 amide bonds. The van der Waals surface area contributed by atoms with Crippen LogP contribution in [-0.4, -0.2) is 12.4 Å². The van der Waals surface area contributed by atoms with Crippen LogP contribution in [0.25, 0.3) is 0 Å². The average molecular weight is 232 g/mol. The summed E-state index contributed by atoms with van der Waals surface area (Å²) in [5.41, 5.74) is 0.758. The predicted octanol–water partition coefficient (Wildman–Crippen LogP) is 3.70. The Balaban J connectivity index is 2.23. The minimum absolute atomic E-state index is 0.191. The molecule has 0 heterocycles. The lowest BCUT2D eigenvalue weighted by Gasteiger charge is -2.16. The molecule has 2 rings (SSSR count). The number of carbonyl (C=O) groups is 1. The summed E-state index contributed by atoms with van der Waals surface area (Å²) in [4.78, 5) is 12.5. The molecule has 2 nitrogen and oxygen atoms in total. The van der Waals surface area contributed by atoms with Gasteiger partial charge in [0, 0.05) is 5.92 Å². The second-order valence-electron chi connectivity index (χ2n) is 4.81. The van der Waals surface area contributed by atoms with Crippen molar-refractivity contribution in [3.05, 3.63) is 29.8 Å². The lowest BCUT2D eigenvalue weighted by atomic mass is 9.89. The molecule has 1 aliphatic carbocycles. The van der Waals surface area contributed by atoms with E-state index in [-0.39, 0.29) is 11.7 Å². The number of ether oxygens (including phenoxy) is 1. The number of hydrogen-bond donors (Lipinski definition) is 0. The molecule has 2 atom stereocenters. The normalized spacial score (nSPS) is 23.6. The highest BCUT2D eigenvalue weighted by atomic mass is 16.5. The van der Waals surface area contributed by atoms with E-state index in [1.54, 1.807) is 0 Å². The Bertz CT molecular complexity index is 398. The summed E-state index contributed by atoms with van der Waals surface area (Å²) in [5, 5.41) is 0. The highest BCUT2D eigenvalue weighted by molar-refractivity contribution is 6.00. The molecule has 2 unspecified atom stereocenters. The maximum Gasteiger partial charge on any atom is 0.169 e. The van der Waals surface area contributed by atoms with Gasteiger partial charge in [0.15, 0.2) is 5.78 Å². The molecule has 1 saturated carbocycles. The molecule has 17 heavy (non-hydrogen) atoms. The molecule has 1 aromatic rings. The second-order valence-corrected chi connectivity index (χ2v) is 4.81. The molecule has 0 N–H and O–H groups in total. The summed E-state index contributed by atoms with van der Waals surface area (Å²) in [6, 6.07) is 7.60. The van der Waals surface area contributed by atoms with Gasteiger partial charge in [0.25, 0.3) is 0 Å². The van der Waals surface area contributed by atoms with Crippen molar-refractivity contribution in [1.82, 2.24) is 0 Å². The summed E-state index contributed by atoms with van der Waals surface area (Å²) in [5.74, 6) is 1.70. The van der Waals surface area contributed by atoms with E-state index in [0.717, 1.165) is 17.7 Å². The Morgan fingerprint density at radius 3 is 2.76 bits per heavy atom. The summed E-state index contributed by atoms with van der Waals surface area (Å²) < 4.78 is 5.53. The fourth-order valence-corrected chi connectivity index (χ4v) is 2.69. The summed E-state index contributed by atoms with van der Waals surface area (Å²) in [7, 11) is 0. The number of carbonyl (C=O) groups excluding carboxylic acids is 1. The fourth-order valence-electron chi connectivity index (χ4n) is 2.69. The van der Waals surface area contributed by atoms with Crippen LogP contribution in [0.5, 0.6) is 5.75 Å². The molecule has 0 saturated heterocycles. The lowest BCUT2D eigenvalue weighted by molar-refractivity contribution is 0.0893. The summed E-state index contributed by atoms with van der Waals surface area (Å²) in [6.45, 7) is 4.73. The van der Waals surface area contributed by atoms with E-state index < -0.39 is 0 Å². The predicted molar refractivity (Wildman–Crippen MR) is 68.4 cm³/mol. The summed E-state index contributed by atoms with van der Waals surface area (Å²) >= 11 is 0. The maximum atomic E-state index is 12.5. The third kappa shape index (κ3) is 2.51. The minimum Gasteiger partial charge on any atom is -0.493 e. The molecule has 92 valence electrons. The third-order valence-electron chi connectivity index (χ3n) is 3.65. The van der Waals surface area contributed by atoms with Gasteiger partial charge in [0.05, 0.1) is 12.2 Å². The smallest absolute Gasteiger partial charge is 0.169 e. The van der Waals surface area contributed by atoms with E-state index in [0.29, 0.717) is 12.5 Å². The van der Waals surface area contributed by atoms with Gasteiger partial charge in [0.1, 0.15) is 5.75 Å². The van der Waals surface area contributed by atoms with Crippen molar-refractivity contribution in [2.24, 2.45) is 11.8 Å². The first-order valence-corrected chi connectivity index (χ1v) is 6.50. The fraction of sp³-hybridized carbons (Fsp3) is 0.533. The van der Waals surface area contributed by atoms with E-state index in [1.165, 1.54) is 12.8 Å². The van der Waals surface area contributed by atoms with Crippen molar-refractivity contribution in [1.29, 1.82) is 0 Å². The maximum absolute atomic E-state index is 12.5. The molecular weight excluding hydrogens is 212 g/mol. The Morgan fingerprint density at radius 2 is 2.12 bits per heavy atom. The van der Waals surface area contributed by atoms with Crippen molar-refractivity contribution in [3.8, 4) is 5.75 Å². The lowest BCUT2D eigenvalue weighted by Crippen LogP contribution is -2.18. The van der Waals surface area contributed by atoms with Gasteiger partial charge in [-0.25, -0.2) is 0 Å². The minimum atomic E-state index is 0.191. The zero-order valence-corrected chi connectivity index (χ0v) is 10.6. The van der Waals surface area contributed by atoms with Gasteiger partial charge < -0.3 is 4.74 Å². The quantitative estimate of drug-likeness (QED) is 0.740. The van der Waals surface area contributed by atoms with Gasteiger partial charge >= 0.3 is 0 Å². The van der Waals surface area contributed by atoms with E-state index in [2.05, 4.69) is 6.92 Å². The first-order chi connectivity index (χ1) is 8.24. The van der Waals surface area contributed by atoms with E-state index >= 15 is 0 Å². The largest absolute Gasteiger partial charge is 0.493 e. The van der Waals surface area contributed by atoms with Crippen LogP contribution in [0.15, 0.2) is 24.3 Å². The van der Waals surface area contributed by atoms with Crippen LogP contribution in [0.3, 0.4) is 0 Å². The zero-order chi connectivity index (χ0) is 12.3. The highest BCUT2D eigenvalue weighted by Gasteiger charge is 2.31. The molecule has 1 aromatic carbocycles. The molecule has 0 aromatic heterocycles. The van der Waals surface area contributed by atoms with Crippen LogP contribution in [0.2, 0.25) is 0 Å². The molecular formula is C15H20O2. The Kier molecular flexibility index (Phi) is 3.82. The van der Waals surface area contributed by atoms with Crippen molar-refractivity contribution in [3.63, 3.8) is 0 Å². The van der Waals surface area contributed by atoms with Gasteiger partial charge in [-0.05, 0) is 37.8 Å². The van der Waals surface area contributed by atoms with Gasteiger partial charge in [-0.15, -0.1) is 0 Å². The molecule has 0 radical (unpaired) electrons. The summed E-state index contributed by atoms with van der Waals surface area (Å²) in [6.07, 6.45) is 3.38. The molecule has 2 heteroatoms. The van der Waals surface area contributed by atoms with Gasteiger partial charge in [-0.2, -0.15) is 0 Å². The van der Waals surface area contributed by atoms with Crippen molar-refractivity contribution in [2.75, 3.05) is 6.61 Å². The van der Waals surface area contributed by atoms with Crippen LogP contribution in [0, 0.1) is 11.8 Å². The van der Waals surface area contributed by atoms with E-state index in [1.807, 2.05) is 31.2 Å². The average Bonchev–Trinajstić information content (AvgIpc) is 2.76. The molecule has 0 bridgehead atoms. The first-order valence-electron chi connectivity index (χ1n) is 6.50. The molecule has 0 spiro atoms. The van der Waals surface area contributed by atoms with Crippen LogP contribution in [0.4, 0.5) is 0 Å². The van der Waals surface area contributed by atoms with Crippen LogP contribution < -0.4 is 4.74 Å². The Morgan fingerprint density at radius 1 is 1.35 bits per heavy atom. The van der Waals surface area contributed by atoms with Gasteiger partial charge in [-0.1, -0.05) is 25.5 Å². The SMILES string of the molecule is CCOc1ccccc1C(=O)C1CCCC1C. The van der Waals surface area contributed by atoms with Crippen LogP contribution in [-0.2, 0) is 0 Å². The van der Waals surface area contributed by atoms with Gasteiger partial charge in [0.2, 0.25) is 0 Å². The number of Topliss-reactive ketones (excluding diaryl/α,β-unsaturated/α-hetero) is 1. The number of hydrogen-bond acceptors (Lipinski definition) is 2. The first kappa shape index (κ1) is 12.2. The van der Waals surface area contributed by atoms with Gasteiger partial charge in [-0.3, -0.25) is 4.79 Å². The second kappa shape index (κ2) is 5.35. The van der Waals surface area contributed by atoms with E-state index in [4.69, 9.17) is 4.74 Å². The molecule has 0 aliphatic heterocycles. The third-order valence-corrected chi connectivity index (χ3v) is 3.65. The van der Waals surface area contributed by atoms with Crippen LogP contribution in [0.1, 0.15) is 43.5 Å². The standard InChI is InChI=1S/C15H20O2/c1-3-17-14-10-5-4-8-13(14)15(16)12-9-6-7-11(12)2/h4-5,8,10-12H,3,6-7,9H2,1-2H3. The molecule has 1 fully saturated rings. The number of benzene rings is 1. The number of para-hydroxylation sites is 1. The van der Waals surface area contributed by atoms with Crippen molar-refractivity contribution in [2.45, 2.75) is 33.1 Å². The topological polar surface area (TPSA) is 26.3 Å². The monoisotopic (exact) mass is 232 g/mol. The van der Waals surface area contributed by atoms with E-state index in [9.17, 15) is 4.79 Å². The Hall–Kier alpha value is -1.31. The van der Waals surface area contributed by atoms with Crippen molar-refractivity contribution >= 4 is 5.78 Å². The highest BCUT2D eigenvalue weighted by Crippen LogP contribution is 2.35. The van der Waals surface area contributed by atoms with Crippen molar-refractivity contribution < 1.29 is 9.53 Å². The Labute approximate surface area is 103 Å². The molecule has 1 aliphatic rings. The zero-order valence-electron chi connectivity index (χ0n) is 10.6. The number of ketones is 1. The van der Waals surface area contributed by atoms with Crippen LogP contribution >= 0.6 is 0 Å². The number of rotatable bonds is 4.